The third kappa shape index (κ3) is 3.69. The number of hydrogen-bond donors (Lipinski definition) is 2. The van der Waals surface area contributed by atoms with Crippen LogP contribution in [0.3, 0.4) is 0 Å². The van der Waals surface area contributed by atoms with Crippen molar-refractivity contribution in [1.29, 1.82) is 0 Å². The van der Waals surface area contributed by atoms with Crippen molar-refractivity contribution in [3.05, 3.63) is 24.3 Å². The Morgan fingerprint density at radius 1 is 0.885 bits per heavy atom. The Balaban J connectivity index is 1.45. The molecule has 0 saturated heterocycles. The van der Waals surface area contributed by atoms with Gasteiger partial charge in [-0.15, -0.1) is 0 Å². The zero-order valence-corrected chi connectivity index (χ0v) is 16.5. The van der Waals surface area contributed by atoms with Crippen LogP contribution in [-0.4, -0.2) is 28.9 Å². The molecule has 1 aromatic rings. The molecule has 2 bridgehead atoms. The molecule has 144 valence electrons. The maximum Gasteiger partial charge on any atom is 0.240 e. The molecule has 3 aliphatic rings. The van der Waals surface area contributed by atoms with Crippen LogP contribution in [0.15, 0.2) is 34.1 Å². The van der Waals surface area contributed by atoms with Gasteiger partial charge in [-0.1, -0.05) is 6.42 Å². The molecule has 0 spiro atoms. The topological polar surface area (TPSA) is 92.3 Å². The average Bonchev–Trinajstić information content (AvgIpc) is 3.13. The van der Waals surface area contributed by atoms with Crippen molar-refractivity contribution < 1.29 is 16.8 Å². The molecule has 0 amide bonds. The maximum atomic E-state index is 12.7. The van der Waals surface area contributed by atoms with Crippen LogP contribution in [0.25, 0.3) is 0 Å². The van der Waals surface area contributed by atoms with Crippen molar-refractivity contribution in [1.82, 2.24) is 9.44 Å². The van der Waals surface area contributed by atoms with Crippen molar-refractivity contribution in [3.63, 3.8) is 0 Å². The van der Waals surface area contributed by atoms with Gasteiger partial charge in [0.2, 0.25) is 20.0 Å². The van der Waals surface area contributed by atoms with E-state index in [9.17, 15) is 16.8 Å². The van der Waals surface area contributed by atoms with E-state index >= 15 is 0 Å². The van der Waals surface area contributed by atoms with E-state index in [2.05, 4.69) is 9.44 Å². The molecule has 2 N–H and O–H groups in total. The van der Waals surface area contributed by atoms with Gasteiger partial charge in [-0.05, 0) is 81.0 Å². The standard InChI is InChI=1S/C18H26N2O4S2/c1-12(18-11-13-2-3-14(18)10-13)19-25(21,22)16-6-8-17(9-7-16)26(23,24)20-15-4-5-15/h6-9,12-15,18-20H,2-5,10-11H2,1H3. The predicted molar refractivity (Wildman–Crippen MR) is 98.5 cm³/mol. The van der Waals surface area contributed by atoms with E-state index < -0.39 is 20.0 Å². The molecular weight excluding hydrogens is 372 g/mol. The van der Waals surface area contributed by atoms with Gasteiger partial charge in [-0.25, -0.2) is 26.3 Å². The fourth-order valence-corrected chi connectivity index (χ4v) is 7.19. The molecule has 4 rings (SSSR count). The molecule has 0 heterocycles. The second-order valence-corrected chi connectivity index (χ2v) is 11.5. The first kappa shape index (κ1) is 18.4. The summed E-state index contributed by atoms with van der Waals surface area (Å²) in [5.74, 6) is 1.81. The van der Waals surface area contributed by atoms with Gasteiger partial charge in [0.05, 0.1) is 9.79 Å². The van der Waals surface area contributed by atoms with E-state index in [0.717, 1.165) is 25.2 Å². The highest BCUT2D eigenvalue weighted by molar-refractivity contribution is 7.90. The molecule has 3 saturated carbocycles. The largest absolute Gasteiger partial charge is 0.240 e. The number of fused-ring (bicyclic) bond motifs is 2. The van der Waals surface area contributed by atoms with E-state index in [1.54, 1.807) is 0 Å². The Morgan fingerprint density at radius 3 is 2.00 bits per heavy atom. The molecule has 0 radical (unpaired) electrons. The normalized spacial score (nSPS) is 29.8. The highest BCUT2D eigenvalue weighted by Gasteiger charge is 2.42. The summed E-state index contributed by atoms with van der Waals surface area (Å²) in [4.78, 5) is 0.211. The van der Waals surface area contributed by atoms with Crippen LogP contribution < -0.4 is 9.44 Å². The smallest absolute Gasteiger partial charge is 0.208 e. The van der Waals surface area contributed by atoms with E-state index in [0.29, 0.717) is 11.8 Å². The minimum Gasteiger partial charge on any atom is -0.208 e. The van der Waals surface area contributed by atoms with Gasteiger partial charge < -0.3 is 0 Å². The lowest BCUT2D eigenvalue weighted by Crippen LogP contribution is -2.40. The van der Waals surface area contributed by atoms with Crippen LogP contribution in [0, 0.1) is 17.8 Å². The summed E-state index contributed by atoms with van der Waals surface area (Å²) in [5, 5.41) is 0. The van der Waals surface area contributed by atoms with E-state index in [4.69, 9.17) is 0 Å². The number of benzene rings is 1. The minimum atomic E-state index is -3.65. The Morgan fingerprint density at radius 2 is 1.50 bits per heavy atom. The van der Waals surface area contributed by atoms with Gasteiger partial charge in [0, 0.05) is 12.1 Å². The average molecular weight is 399 g/mol. The van der Waals surface area contributed by atoms with Crippen LogP contribution in [0.1, 0.15) is 45.4 Å². The molecular formula is C18H26N2O4S2. The van der Waals surface area contributed by atoms with Gasteiger partial charge >= 0.3 is 0 Å². The fraction of sp³-hybridized carbons (Fsp3) is 0.667. The lowest BCUT2D eigenvalue weighted by molar-refractivity contribution is 0.280. The van der Waals surface area contributed by atoms with Gasteiger partial charge in [0.25, 0.3) is 0 Å². The Kier molecular flexibility index (Phi) is 4.66. The quantitative estimate of drug-likeness (QED) is 0.737. The van der Waals surface area contributed by atoms with Crippen molar-refractivity contribution in [2.75, 3.05) is 0 Å². The number of rotatable bonds is 7. The molecule has 6 nitrogen and oxygen atoms in total. The van der Waals surface area contributed by atoms with Crippen LogP contribution in [0.4, 0.5) is 0 Å². The number of hydrogen-bond acceptors (Lipinski definition) is 4. The second-order valence-electron chi connectivity index (χ2n) is 8.12. The SMILES string of the molecule is CC(NS(=O)(=O)c1ccc(S(=O)(=O)NC2CC2)cc1)C1CC2CCC1C2. The summed E-state index contributed by atoms with van der Waals surface area (Å²) in [6, 6.07) is 5.39. The summed E-state index contributed by atoms with van der Waals surface area (Å²) < 4.78 is 55.1. The van der Waals surface area contributed by atoms with Gasteiger partial charge in [-0.3, -0.25) is 0 Å². The van der Waals surface area contributed by atoms with Crippen LogP contribution in [0.2, 0.25) is 0 Å². The summed E-state index contributed by atoms with van der Waals surface area (Å²) in [6.45, 7) is 1.95. The summed E-state index contributed by atoms with van der Waals surface area (Å²) >= 11 is 0. The third-order valence-electron chi connectivity index (χ3n) is 6.12. The van der Waals surface area contributed by atoms with Crippen molar-refractivity contribution in [2.45, 2.75) is 67.3 Å². The monoisotopic (exact) mass is 398 g/mol. The first-order chi connectivity index (χ1) is 12.2. The highest BCUT2D eigenvalue weighted by Crippen LogP contribution is 2.49. The maximum absolute atomic E-state index is 12.7. The third-order valence-corrected chi connectivity index (χ3v) is 9.23. The zero-order chi connectivity index (χ0) is 18.5. The molecule has 3 fully saturated rings. The predicted octanol–water partition coefficient (Wildman–Crippen LogP) is 2.23. The fourth-order valence-electron chi connectivity index (χ4n) is 4.59. The summed E-state index contributed by atoms with van der Waals surface area (Å²) in [7, 11) is -7.22. The second kappa shape index (κ2) is 6.58. The molecule has 3 aliphatic carbocycles. The van der Waals surface area contributed by atoms with Crippen LogP contribution in [0.5, 0.6) is 0 Å². The zero-order valence-electron chi connectivity index (χ0n) is 14.9. The molecule has 26 heavy (non-hydrogen) atoms. The lowest BCUT2D eigenvalue weighted by atomic mass is 9.84. The number of sulfonamides is 2. The van der Waals surface area contributed by atoms with E-state index in [-0.39, 0.29) is 21.9 Å². The van der Waals surface area contributed by atoms with Crippen molar-refractivity contribution in [2.24, 2.45) is 17.8 Å². The van der Waals surface area contributed by atoms with Crippen LogP contribution >= 0.6 is 0 Å². The molecule has 8 heteroatoms. The Bertz CT molecular complexity index is 876. The van der Waals surface area contributed by atoms with Crippen molar-refractivity contribution in [3.8, 4) is 0 Å². The van der Waals surface area contributed by atoms with Crippen molar-refractivity contribution >= 4 is 20.0 Å². The van der Waals surface area contributed by atoms with E-state index in [1.807, 2.05) is 6.92 Å². The minimum absolute atomic E-state index is 0.0210. The summed E-state index contributed by atoms with van der Waals surface area (Å²) in [5.41, 5.74) is 0. The first-order valence-corrected chi connectivity index (χ1v) is 12.4. The summed E-state index contributed by atoms with van der Waals surface area (Å²) in [6.07, 6.45) is 6.55. The Labute approximate surface area is 155 Å². The number of nitrogens with one attached hydrogen (secondary N) is 2. The van der Waals surface area contributed by atoms with Gasteiger partial charge in [-0.2, -0.15) is 0 Å². The van der Waals surface area contributed by atoms with Crippen LogP contribution in [-0.2, 0) is 20.0 Å². The van der Waals surface area contributed by atoms with Gasteiger partial charge in [0.1, 0.15) is 0 Å². The molecule has 4 atom stereocenters. The molecule has 1 aromatic carbocycles. The molecule has 0 aromatic heterocycles. The molecule has 0 aliphatic heterocycles. The van der Waals surface area contributed by atoms with Gasteiger partial charge in [0.15, 0.2) is 0 Å². The highest BCUT2D eigenvalue weighted by atomic mass is 32.2. The Hall–Kier alpha value is -0.960. The molecule has 4 unspecified atom stereocenters. The van der Waals surface area contributed by atoms with E-state index in [1.165, 1.54) is 43.5 Å². The first-order valence-electron chi connectivity index (χ1n) is 9.39. The lowest BCUT2D eigenvalue weighted by Gasteiger charge is -2.28.